The van der Waals surface area contributed by atoms with Crippen LogP contribution in [0.15, 0.2) is 35.4 Å². The van der Waals surface area contributed by atoms with Crippen molar-refractivity contribution in [3.8, 4) is 5.88 Å². The van der Waals surface area contributed by atoms with Gasteiger partial charge < -0.3 is 9.84 Å². The fourth-order valence-electron chi connectivity index (χ4n) is 2.82. The topological polar surface area (TPSA) is 125 Å². The number of aliphatic hydroxyl groups is 1. The third-order valence-electron chi connectivity index (χ3n) is 4.23. The summed E-state index contributed by atoms with van der Waals surface area (Å²) in [4.78, 5) is 29.4. The number of nitrogens with zero attached hydrogens (tertiary/aromatic N) is 6. The number of carbonyl (C=O) groups is 1. The van der Waals surface area contributed by atoms with Gasteiger partial charge in [-0.25, -0.2) is 4.98 Å². The fourth-order valence-corrected chi connectivity index (χ4v) is 2.94. The summed E-state index contributed by atoms with van der Waals surface area (Å²) < 4.78 is 6.45. The second-order valence-corrected chi connectivity index (χ2v) is 6.73. The number of tetrazole rings is 1. The van der Waals surface area contributed by atoms with Crippen LogP contribution in [0.3, 0.4) is 0 Å². The van der Waals surface area contributed by atoms with E-state index >= 15 is 0 Å². The van der Waals surface area contributed by atoms with Gasteiger partial charge in [-0.2, -0.15) is 4.80 Å². The number of hydrogen-bond acceptors (Lipinski definition) is 8. The van der Waals surface area contributed by atoms with Crippen LogP contribution in [0.2, 0.25) is 5.02 Å². The summed E-state index contributed by atoms with van der Waals surface area (Å²) in [6.45, 7) is 0.0495. The highest BCUT2D eigenvalue weighted by molar-refractivity contribution is 6.30. The van der Waals surface area contributed by atoms with Crippen LogP contribution in [-0.4, -0.2) is 47.3 Å². The lowest BCUT2D eigenvalue weighted by Crippen LogP contribution is -2.32. The third-order valence-corrected chi connectivity index (χ3v) is 4.48. The van der Waals surface area contributed by atoms with Gasteiger partial charge in [0.15, 0.2) is 11.6 Å². The fraction of sp³-hybridized carbons (Fsp3) is 0.294. The Labute approximate surface area is 163 Å². The molecule has 2 aromatic heterocycles. The number of Topliss-reactive ketones (excluding diaryl/α,β-unsaturated/α-hetero) is 1. The quantitative estimate of drug-likeness (QED) is 0.640. The number of carbonyl (C=O) groups excluding carboxylic acids is 1. The molecule has 28 heavy (non-hydrogen) atoms. The van der Waals surface area contributed by atoms with Crippen LogP contribution < -0.4 is 10.3 Å². The Morgan fingerprint density at radius 1 is 1.25 bits per heavy atom. The number of hydrogen-bond donors (Lipinski definition) is 1. The number of fused-ring (bicyclic) bond motifs is 1. The van der Waals surface area contributed by atoms with E-state index in [1.807, 2.05) is 0 Å². The van der Waals surface area contributed by atoms with E-state index in [0.717, 1.165) is 0 Å². The average molecular weight is 403 g/mol. The average Bonchev–Trinajstić information content (AvgIpc) is 3.12. The van der Waals surface area contributed by atoms with Crippen LogP contribution in [0.25, 0.3) is 0 Å². The second-order valence-electron chi connectivity index (χ2n) is 6.29. The maximum Gasteiger partial charge on any atom is 0.261 e. The molecule has 1 atom stereocenters. The molecule has 0 saturated carbocycles. The number of aromatic nitrogens is 6. The van der Waals surface area contributed by atoms with Crippen molar-refractivity contribution in [1.82, 2.24) is 29.8 Å². The first-order valence-electron chi connectivity index (χ1n) is 8.42. The molecule has 4 rings (SSSR count). The van der Waals surface area contributed by atoms with E-state index in [1.54, 1.807) is 24.3 Å². The number of ether oxygens (including phenoxy) is 1. The molecule has 1 aliphatic rings. The Bertz CT molecular complexity index is 1080. The van der Waals surface area contributed by atoms with Gasteiger partial charge in [0.05, 0.1) is 18.7 Å². The van der Waals surface area contributed by atoms with Crippen molar-refractivity contribution in [2.24, 2.45) is 0 Å². The van der Waals surface area contributed by atoms with Crippen molar-refractivity contribution >= 4 is 17.4 Å². The standard InChI is InChI=1S/C17H15ClN6O4/c18-11-3-1-10(2-4-11)14(26)6-24-21-15(20-22-24)7-23-9-19-16-13(17(23)27)5-12(25)8-28-16/h1-4,9,14,26H,5-8H2/t14-/m0/s1. The zero-order valence-corrected chi connectivity index (χ0v) is 15.3. The van der Waals surface area contributed by atoms with E-state index in [0.29, 0.717) is 10.6 Å². The van der Waals surface area contributed by atoms with Gasteiger partial charge in [0.2, 0.25) is 5.88 Å². The van der Waals surface area contributed by atoms with Crippen molar-refractivity contribution in [2.75, 3.05) is 6.61 Å². The first kappa shape index (κ1) is 18.3. The van der Waals surface area contributed by atoms with Gasteiger partial charge in [-0.3, -0.25) is 14.2 Å². The molecular formula is C17H15ClN6O4. The van der Waals surface area contributed by atoms with Crippen molar-refractivity contribution in [2.45, 2.75) is 25.6 Å². The van der Waals surface area contributed by atoms with Gasteiger partial charge in [0.1, 0.15) is 19.0 Å². The maximum absolute atomic E-state index is 12.5. The molecule has 11 heteroatoms. The molecule has 10 nitrogen and oxygen atoms in total. The van der Waals surface area contributed by atoms with Crippen LogP contribution in [0.5, 0.6) is 5.88 Å². The van der Waals surface area contributed by atoms with E-state index in [2.05, 4.69) is 20.4 Å². The minimum absolute atomic E-state index is 0.00455. The number of ketones is 1. The summed E-state index contributed by atoms with van der Waals surface area (Å²) in [6.07, 6.45) is 0.478. The highest BCUT2D eigenvalue weighted by atomic mass is 35.5. The summed E-state index contributed by atoms with van der Waals surface area (Å²) in [7, 11) is 0. The molecule has 0 radical (unpaired) electrons. The van der Waals surface area contributed by atoms with Crippen molar-refractivity contribution in [1.29, 1.82) is 0 Å². The number of rotatable bonds is 5. The van der Waals surface area contributed by atoms with E-state index in [-0.39, 0.29) is 54.7 Å². The van der Waals surface area contributed by atoms with Crippen molar-refractivity contribution < 1.29 is 14.6 Å². The Morgan fingerprint density at radius 2 is 2.04 bits per heavy atom. The predicted molar refractivity (Wildman–Crippen MR) is 96.0 cm³/mol. The van der Waals surface area contributed by atoms with E-state index in [1.165, 1.54) is 15.7 Å². The Morgan fingerprint density at radius 3 is 2.82 bits per heavy atom. The Balaban J connectivity index is 1.48. The van der Waals surface area contributed by atoms with Crippen molar-refractivity contribution in [3.63, 3.8) is 0 Å². The smallest absolute Gasteiger partial charge is 0.261 e. The molecular weight excluding hydrogens is 388 g/mol. The maximum atomic E-state index is 12.5. The van der Waals surface area contributed by atoms with Crippen LogP contribution in [-0.2, 0) is 24.3 Å². The minimum Gasteiger partial charge on any atom is -0.469 e. The molecule has 3 aromatic rings. The molecule has 0 unspecified atom stereocenters. The SMILES string of the molecule is O=C1COc2ncn(Cc3nnn(C[C@H](O)c4ccc(Cl)cc4)n3)c(=O)c2C1. The molecule has 3 heterocycles. The minimum atomic E-state index is -0.837. The number of halogens is 1. The molecule has 1 aliphatic heterocycles. The molecule has 144 valence electrons. The molecule has 1 N–H and O–H groups in total. The van der Waals surface area contributed by atoms with E-state index in [4.69, 9.17) is 16.3 Å². The third kappa shape index (κ3) is 3.78. The lowest BCUT2D eigenvalue weighted by atomic mass is 10.1. The highest BCUT2D eigenvalue weighted by Gasteiger charge is 2.22. The summed E-state index contributed by atoms with van der Waals surface area (Å²) in [5.41, 5.74) is 0.517. The molecule has 0 aliphatic carbocycles. The van der Waals surface area contributed by atoms with Gasteiger partial charge >= 0.3 is 0 Å². The second kappa shape index (κ2) is 7.49. The number of benzene rings is 1. The Hall–Kier alpha value is -3.11. The molecule has 0 spiro atoms. The summed E-state index contributed by atoms with van der Waals surface area (Å²) >= 11 is 5.84. The van der Waals surface area contributed by atoms with Crippen LogP contribution >= 0.6 is 11.6 Å². The molecule has 0 bridgehead atoms. The largest absolute Gasteiger partial charge is 0.469 e. The molecule has 1 aromatic carbocycles. The van der Waals surface area contributed by atoms with Crippen molar-refractivity contribution in [3.05, 3.63) is 62.9 Å². The van der Waals surface area contributed by atoms with E-state index in [9.17, 15) is 14.7 Å². The van der Waals surface area contributed by atoms with Crippen LogP contribution in [0.4, 0.5) is 0 Å². The predicted octanol–water partition coefficient (Wildman–Crippen LogP) is 0.169. The summed E-state index contributed by atoms with van der Waals surface area (Å²) in [5, 5.41) is 22.8. The molecule has 0 fully saturated rings. The number of aliphatic hydroxyl groups excluding tert-OH is 1. The zero-order valence-electron chi connectivity index (χ0n) is 14.5. The molecule has 0 amide bonds. The van der Waals surface area contributed by atoms with Gasteiger partial charge in [-0.1, -0.05) is 23.7 Å². The highest BCUT2D eigenvalue weighted by Crippen LogP contribution is 2.18. The summed E-state index contributed by atoms with van der Waals surface area (Å²) in [6, 6.07) is 6.80. The first-order valence-corrected chi connectivity index (χ1v) is 8.80. The van der Waals surface area contributed by atoms with Gasteiger partial charge in [0, 0.05) is 11.4 Å². The Kier molecular flexibility index (Phi) is 4.88. The molecule has 0 saturated heterocycles. The van der Waals surface area contributed by atoms with E-state index < -0.39 is 6.10 Å². The van der Waals surface area contributed by atoms with Crippen LogP contribution in [0, 0.1) is 0 Å². The van der Waals surface area contributed by atoms with Crippen LogP contribution in [0.1, 0.15) is 23.1 Å². The summed E-state index contributed by atoms with van der Waals surface area (Å²) in [5.74, 6) is 0.281. The lowest BCUT2D eigenvalue weighted by molar-refractivity contribution is -0.121. The first-order chi connectivity index (χ1) is 13.5. The van der Waals surface area contributed by atoms with Gasteiger partial charge in [0.25, 0.3) is 5.56 Å². The zero-order chi connectivity index (χ0) is 19.7. The normalized spacial score (nSPS) is 14.4. The van der Waals surface area contributed by atoms with Gasteiger partial charge in [-0.15, -0.1) is 10.2 Å². The lowest BCUT2D eigenvalue weighted by Gasteiger charge is -2.15. The van der Waals surface area contributed by atoms with Gasteiger partial charge in [-0.05, 0) is 22.9 Å². The monoisotopic (exact) mass is 402 g/mol.